The van der Waals surface area contributed by atoms with E-state index in [2.05, 4.69) is 10.3 Å². The van der Waals surface area contributed by atoms with E-state index in [9.17, 15) is 18.0 Å². The third-order valence-electron chi connectivity index (χ3n) is 5.69. The molecule has 3 N–H and O–H groups in total. The van der Waals surface area contributed by atoms with Gasteiger partial charge in [0.25, 0.3) is 5.91 Å². The number of halogens is 3. The summed E-state index contributed by atoms with van der Waals surface area (Å²) in [4.78, 5) is 18.8. The number of carbonyl (C=O) groups is 1. The maximum absolute atomic E-state index is 13.0. The number of thioether (sulfide) groups is 1. The van der Waals surface area contributed by atoms with E-state index in [1.165, 1.54) is 12.3 Å². The number of carbonyl (C=O) groups excluding carboxylic acids is 1. The number of hydrogen-bond donors (Lipinski definition) is 3. The Labute approximate surface area is 182 Å². The first-order chi connectivity index (χ1) is 14.6. The van der Waals surface area contributed by atoms with E-state index in [-0.39, 0.29) is 17.9 Å². The largest absolute Gasteiger partial charge is 0.433 e. The molecule has 1 aliphatic carbocycles. The maximum Gasteiger partial charge on any atom is 0.433 e. The smallest absolute Gasteiger partial charge is 0.366 e. The fraction of sp³-hybridized carbons (Fsp3) is 0.429. The van der Waals surface area contributed by atoms with E-state index in [0.29, 0.717) is 34.4 Å². The van der Waals surface area contributed by atoms with E-state index in [0.717, 1.165) is 47.4 Å². The van der Waals surface area contributed by atoms with Crippen molar-refractivity contribution in [2.24, 2.45) is 5.92 Å². The molecule has 0 bridgehead atoms. The fourth-order valence-electron chi connectivity index (χ4n) is 3.71. The molecule has 1 saturated carbocycles. The number of nitrogens with zero attached hydrogens (tertiary/aromatic N) is 2. The van der Waals surface area contributed by atoms with Gasteiger partial charge in [0.05, 0.1) is 27.9 Å². The summed E-state index contributed by atoms with van der Waals surface area (Å²) in [5, 5.41) is 19.6. The van der Waals surface area contributed by atoms with Crippen LogP contribution in [0.3, 0.4) is 0 Å². The molecule has 31 heavy (non-hydrogen) atoms. The number of hydrogen-bond acceptors (Lipinski definition) is 6. The van der Waals surface area contributed by atoms with Crippen molar-refractivity contribution >= 4 is 34.1 Å². The summed E-state index contributed by atoms with van der Waals surface area (Å²) in [7, 11) is 0. The second kappa shape index (κ2) is 7.81. The van der Waals surface area contributed by atoms with Crippen molar-refractivity contribution in [3.05, 3.63) is 45.6 Å². The third-order valence-corrected chi connectivity index (χ3v) is 6.71. The van der Waals surface area contributed by atoms with Crippen LogP contribution >= 0.6 is 11.8 Å². The molecule has 0 aromatic carbocycles. The first-order valence-electron chi connectivity index (χ1n) is 9.93. The number of rotatable bonds is 5. The molecule has 1 aromatic rings. The number of pyridine rings is 1. The molecule has 6 nitrogen and oxygen atoms in total. The second-order valence-electron chi connectivity index (χ2n) is 8.05. The van der Waals surface area contributed by atoms with E-state index >= 15 is 0 Å². The Bertz CT molecular complexity index is 1020. The molecule has 0 spiro atoms. The Kier molecular flexibility index (Phi) is 5.45. The highest BCUT2D eigenvalue weighted by Crippen LogP contribution is 2.50. The lowest BCUT2D eigenvalue weighted by atomic mass is 9.95. The van der Waals surface area contributed by atoms with Crippen LogP contribution < -0.4 is 10.2 Å². The number of alkyl halides is 3. The minimum Gasteiger partial charge on any atom is -0.366 e. The van der Waals surface area contributed by atoms with Crippen molar-refractivity contribution < 1.29 is 18.0 Å². The predicted molar refractivity (Wildman–Crippen MR) is 115 cm³/mol. The molecule has 1 aromatic heterocycles. The lowest BCUT2D eigenvalue weighted by Crippen LogP contribution is -2.59. The van der Waals surface area contributed by atoms with Crippen LogP contribution in [0.15, 0.2) is 40.0 Å². The lowest BCUT2D eigenvalue weighted by molar-refractivity contribution is -0.141. The van der Waals surface area contributed by atoms with Gasteiger partial charge in [0, 0.05) is 24.4 Å². The number of anilines is 1. The summed E-state index contributed by atoms with van der Waals surface area (Å²) in [6.07, 6.45) is -1.31. The summed E-state index contributed by atoms with van der Waals surface area (Å²) in [6.45, 7) is 4.46. The number of allylic oxidation sites excluding steroid dienone is 2. The van der Waals surface area contributed by atoms with E-state index in [1.807, 2.05) is 11.8 Å². The van der Waals surface area contributed by atoms with Gasteiger partial charge in [-0.2, -0.15) is 13.2 Å². The minimum absolute atomic E-state index is 0.129. The fourth-order valence-corrected chi connectivity index (χ4v) is 4.81. The molecule has 164 valence electrons. The van der Waals surface area contributed by atoms with Crippen molar-refractivity contribution in [2.45, 2.75) is 38.9 Å². The SMILES string of the molecule is CC(=N)/C(C)=C1\C(=N)SC(C(=O)NC2CN(c3ccc(C(F)(F)F)nc3)C2)=C1C1CC1. The highest BCUT2D eigenvalue weighted by atomic mass is 32.2. The Morgan fingerprint density at radius 3 is 2.45 bits per heavy atom. The van der Waals surface area contributed by atoms with Gasteiger partial charge in [-0.15, -0.1) is 0 Å². The van der Waals surface area contributed by atoms with Crippen molar-refractivity contribution in [3.8, 4) is 0 Å². The summed E-state index contributed by atoms with van der Waals surface area (Å²) in [6, 6.07) is 2.21. The highest BCUT2D eigenvalue weighted by Gasteiger charge is 2.41. The molecular formula is C21H22F3N5OS. The molecule has 3 aliphatic rings. The Morgan fingerprint density at radius 2 is 1.94 bits per heavy atom. The first kappa shape index (κ1) is 21.6. The van der Waals surface area contributed by atoms with Gasteiger partial charge in [0.2, 0.25) is 0 Å². The summed E-state index contributed by atoms with van der Waals surface area (Å²) in [5.74, 6) is 0.0359. The predicted octanol–water partition coefficient (Wildman–Crippen LogP) is 4.15. The van der Waals surface area contributed by atoms with Crippen LogP contribution in [0, 0.1) is 16.7 Å². The van der Waals surface area contributed by atoms with Gasteiger partial charge in [-0.3, -0.25) is 10.2 Å². The van der Waals surface area contributed by atoms with Gasteiger partial charge >= 0.3 is 6.18 Å². The van der Waals surface area contributed by atoms with Gasteiger partial charge in [-0.1, -0.05) is 11.8 Å². The molecule has 10 heteroatoms. The number of aromatic nitrogens is 1. The molecule has 0 radical (unpaired) electrons. The van der Waals surface area contributed by atoms with Gasteiger partial charge in [0.1, 0.15) is 5.69 Å². The van der Waals surface area contributed by atoms with Crippen LogP contribution in [0.25, 0.3) is 0 Å². The van der Waals surface area contributed by atoms with Gasteiger partial charge < -0.3 is 15.6 Å². The molecule has 4 rings (SSSR count). The van der Waals surface area contributed by atoms with Gasteiger partial charge in [-0.05, 0) is 55.9 Å². The third kappa shape index (κ3) is 4.26. The number of amides is 1. The van der Waals surface area contributed by atoms with Crippen LogP contribution in [0.4, 0.5) is 18.9 Å². The molecule has 3 heterocycles. The summed E-state index contributed by atoms with van der Waals surface area (Å²) in [5.41, 5.74) is 2.37. The van der Waals surface area contributed by atoms with Crippen LogP contribution in [0.5, 0.6) is 0 Å². The molecule has 2 fully saturated rings. The zero-order chi connectivity index (χ0) is 22.5. The average molecular weight is 450 g/mol. The van der Waals surface area contributed by atoms with Crippen molar-refractivity contribution in [3.63, 3.8) is 0 Å². The van der Waals surface area contributed by atoms with Crippen LogP contribution in [-0.4, -0.2) is 40.8 Å². The molecule has 1 amide bonds. The molecule has 2 aliphatic heterocycles. The Balaban J connectivity index is 1.43. The standard InChI is InChI=1S/C21H22F3N5OS/c1-10(11(2)25)16-17(12-3-4-12)18(31-19(16)26)20(30)28-13-8-29(9-13)14-5-6-15(27-7-14)21(22,23)24/h5-7,12-13,25-26H,3-4,8-9H2,1-2H3,(H,28,30)/b16-10-,25-11?,26-19?. The van der Waals surface area contributed by atoms with Crippen LogP contribution in [-0.2, 0) is 11.0 Å². The Morgan fingerprint density at radius 1 is 1.26 bits per heavy atom. The first-order valence-corrected chi connectivity index (χ1v) is 10.7. The topological polar surface area (TPSA) is 92.9 Å². The van der Waals surface area contributed by atoms with Crippen LogP contribution in [0.1, 0.15) is 32.4 Å². The van der Waals surface area contributed by atoms with Crippen LogP contribution in [0.2, 0.25) is 0 Å². The highest BCUT2D eigenvalue weighted by molar-refractivity contribution is 8.18. The van der Waals surface area contributed by atoms with Gasteiger partial charge in [0.15, 0.2) is 0 Å². The normalized spacial score (nSPS) is 21.3. The minimum atomic E-state index is -4.47. The second-order valence-corrected chi connectivity index (χ2v) is 9.07. The van der Waals surface area contributed by atoms with E-state index < -0.39 is 11.9 Å². The van der Waals surface area contributed by atoms with Crippen molar-refractivity contribution in [1.82, 2.24) is 10.3 Å². The maximum atomic E-state index is 13.0. The molecule has 1 saturated heterocycles. The quantitative estimate of drug-likeness (QED) is 0.589. The summed E-state index contributed by atoms with van der Waals surface area (Å²) < 4.78 is 38.0. The van der Waals surface area contributed by atoms with E-state index in [1.54, 1.807) is 6.92 Å². The molecule has 0 unspecified atom stereocenters. The zero-order valence-electron chi connectivity index (χ0n) is 17.1. The average Bonchev–Trinajstić information content (AvgIpc) is 3.45. The zero-order valence-corrected chi connectivity index (χ0v) is 17.9. The van der Waals surface area contributed by atoms with Gasteiger partial charge in [-0.25, -0.2) is 4.98 Å². The molecule has 0 atom stereocenters. The summed E-state index contributed by atoms with van der Waals surface area (Å²) >= 11 is 1.15. The molecular weight excluding hydrogens is 427 g/mol. The number of nitrogens with one attached hydrogen (secondary N) is 3. The Hall–Kier alpha value is -2.62. The monoisotopic (exact) mass is 449 g/mol. The van der Waals surface area contributed by atoms with E-state index in [4.69, 9.17) is 10.8 Å². The van der Waals surface area contributed by atoms with Crippen molar-refractivity contribution in [1.29, 1.82) is 10.8 Å². The van der Waals surface area contributed by atoms with Crippen molar-refractivity contribution in [2.75, 3.05) is 18.0 Å². The lowest BCUT2D eigenvalue weighted by Gasteiger charge is -2.41.